The number of nitrogens with zero attached hydrogens (tertiary/aromatic N) is 3. The number of benzene rings is 3. The number of aryl methyl sites for hydroxylation is 1. The lowest BCUT2D eigenvalue weighted by Crippen LogP contribution is -2.46. The highest BCUT2D eigenvalue weighted by atomic mass is 35.5. The van der Waals surface area contributed by atoms with E-state index in [0.717, 1.165) is 66.3 Å². The SMILES string of the molecule is Cc1cccc(Nc2ccc3c(cnn3-c3cccc(C(=O)NCCN4CCNCC4)c3)c2)c1Cl. The molecule has 0 saturated carbocycles. The smallest absolute Gasteiger partial charge is 0.251 e. The number of anilines is 2. The number of fused-ring (bicyclic) bond motifs is 1. The fraction of sp³-hybridized carbons (Fsp3) is 0.259. The van der Waals surface area contributed by atoms with E-state index in [9.17, 15) is 4.79 Å². The summed E-state index contributed by atoms with van der Waals surface area (Å²) in [4.78, 5) is 15.1. The van der Waals surface area contributed by atoms with Crippen molar-refractivity contribution in [1.82, 2.24) is 25.3 Å². The Morgan fingerprint density at radius 3 is 2.77 bits per heavy atom. The van der Waals surface area contributed by atoms with Crippen molar-refractivity contribution in [2.75, 3.05) is 44.6 Å². The van der Waals surface area contributed by atoms with Crippen LogP contribution in [0.1, 0.15) is 15.9 Å². The predicted molar refractivity (Wildman–Crippen MR) is 142 cm³/mol. The van der Waals surface area contributed by atoms with Crippen LogP contribution < -0.4 is 16.0 Å². The van der Waals surface area contributed by atoms with Crippen LogP contribution in [0, 0.1) is 6.92 Å². The highest BCUT2D eigenvalue weighted by Gasteiger charge is 2.12. The standard InChI is InChI=1S/C27H29ClN6O/c1-19-4-2-7-24(26(19)28)32-22-8-9-25-21(16-22)18-31-34(25)23-6-3-5-20(17-23)27(35)30-12-15-33-13-10-29-11-14-33/h2-9,16-18,29,32H,10-15H2,1H3,(H,30,35). The third kappa shape index (κ3) is 5.32. The lowest BCUT2D eigenvalue weighted by atomic mass is 10.1. The van der Waals surface area contributed by atoms with Crippen molar-refractivity contribution in [2.24, 2.45) is 0 Å². The molecule has 8 heteroatoms. The Hall–Kier alpha value is -3.39. The molecule has 1 aromatic heterocycles. The second-order valence-corrected chi connectivity index (χ2v) is 9.17. The lowest BCUT2D eigenvalue weighted by molar-refractivity contribution is 0.0947. The van der Waals surface area contributed by atoms with Crippen molar-refractivity contribution >= 4 is 39.8 Å². The topological polar surface area (TPSA) is 74.2 Å². The Kier molecular flexibility index (Phi) is 6.99. The Morgan fingerprint density at radius 1 is 1.09 bits per heavy atom. The van der Waals surface area contributed by atoms with E-state index in [2.05, 4.69) is 25.9 Å². The van der Waals surface area contributed by atoms with E-state index in [1.54, 1.807) is 0 Å². The van der Waals surface area contributed by atoms with Crippen LogP contribution in [0.15, 0.2) is 66.9 Å². The molecule has 4 aromatic rings. The van der Waals surface area contributed by atoms with E-state index in [1.165, 1.54) is 0 Å². The molecule has 7 nitrogen and oxygen atoms in total. The molecule has 2 heterocycles. The number of amides is 1. The first kappa shape index (κ1) is 23.4. The number of rotatable bonds is 7. The van der Waals surface area contributed by atoms with Gasteiger partial charge in [-0.1, -0.05) is 29.8 Å². The Bertz CT molecular complexity index is 1340. The third-order valence-electron chi connectivity index (χ3n) is 6.31. The van der Waals surface area contributed by atoms with Gasteiger partial charge in [0.1, 0.15) is 0 Å². The number of hydrogen-bond acceptors (Lipinski definition) is 5. The molecular formula is C27H29ClN6O. The summed E-state index contributed by atoms with van der Waals surface area (Å²) in [5.74, 6) is -0.0695. The lowest BCUT2D eigenvalue weighted by Gasteiger charge is -2.27. The van der Waals surface area contributed by atoms with Gasteiger partial charge in [-0.15, -0.1) is 0 Å². The van der Waals surface area contributed by atoms with Gasteiger partial charge in [-0.2, -0.15) is 5.10 Å². The average molecular weight is 489 g/mol. The van der Waals surface area contributed by atoms with Crippen molar-refractivity contribution in [3.63, 3.8) is 0 Å². The van der Waals surface area contributed by atoms with Gasteiger partial charge < -0.3 is 16.0 Å². The van der Waals surface area contributed by atoms with Gasteiger partial charge in [0.05, 0.1) is 28.1 Å². The summed E-state index contributed by atoms with van der Waals surface area (Å²) in [5, 5.41) is 16.1. The molecule has 3 N–H and O–H groups in total. The molecule has 1 aliphatic heterocycles. The minimum absolute atomic E-state index is 0.0695. The van der Waals surface area contributed by atoms with Crippen LogP contribution in [-0.2, 0) is 0 Å². The number of piperazine rings is 1. The average Bonchev–Trinajstić information content (AvgIpc) is 3.31. The Morgan fingerprint density at radius 2 is 1.91 bits per heavy atom. The minimum Gasteiger partial charge on any atom is -0.354 e. The molecule has 1 fully saturated rings. The van der Waals surface area contributed by atoms with Crippen LogP contribution in [0.25, 0.3) is 16.6 Å². The second kappa shape index (κ2) is 10.5. The van der Waals surface area contributed by atoms with Crippen LogP contribution >= 0.6 is 11.6 Å². The first-order valence-electron chi connectivity index (χ1n) is 11.9. The van der Waals surface area contributed by atoms with Crippen molar-refractivity contribution in [1.29, 1.82) is 0 Å². The van der Waals surface area contributed by atoms with Crippen molar-refractivity contribution in [3.8, 4) is 5.69 Å². The second-order valence-electron chi connectivity index (χ2n) is 8.79. The van der Waals surface area contributed by atoms with Crippen LogP contribution in [0.2, 0.25) is 5.02 Å². The monoisotopic (exact) mass is 488 g/mol. The summed E-state index contributed by atoms with van der Waals surface area (Å²) in [7, 11) is 0. The number of carbonyl (C=O) groups excluding carboxylic acids is 1. The Labute approximate surface area is 210 Å². The van der Waals surface area contributed by atoms with Gasteiger partial charge in [-0.05, 0) is 55.0 Å². The molecule has 0 spiro atoms. The first-order chi connectivity index (χ1) is 17.1. The maximum atomic E-state index is 12.8. The number of halogens is 1. The summed E-state index contributed by atoms with van der Waals surface area (Å²) in [6, 6.07) is 19.6. The van der Waals surface area contributed by atoms with Gasteiger partial charge in [-0.3, -0.25) is 9.69 Å². The third-order valence-corrected chi connectivity index (χ3v) is 6.82. The maximum Gasteiger partial charge on any atom is 0.251 e. The molecule has 35 heavy (non-hydrogen) atoms. The number of carbonyl (C=O) groups is 1. The molecule has 0 aliphatic carbocycles. The van der Waals surface area contributed by atoms with Gasteiger partial charge in [-0.25, -0.2) is 4.68 Å². The first-order valence-corrected chi connectivity index (χ1v) is 12.3. The summed E-state index contributed by atoms with van der Waals surface area (Å²) in [6.07, 6.45) is 1.83. The van der Waals surface area contributed by atoms with Gasteiger partial charge in [0.15, 0.2) is 0 Å². The van der Waals surface area contributed by atoms with Crippen LogP contribution in [0.3, 0.4) is 0 Å². The molecule has 0 bridgehead atoms. The van der Waals surface area contributed by atoms with Crippen molar-refractivity contribution in [2.45, 2.75) is 6.92 Å². The van der Waals surface area contributed by atoms with Gasteiger partial charge >= 0.3 is 0 Å². The highest BCUT2D eigenvalue weighted by Crippen LogP contribution is 2.30. The molecule has 1 amide bonds. The van der Waals surface area contributed by atoms with Crippen LogP contribution in [0.5, 0.6) is 0 Å². The molecule has 1 aliphatic rings. The van der Waals surface area contributed by atoms with E-state index in [1.807, 2.05) is 78.5 Å². The van der Waals surface area contributed by atoms with Gasteiger partial charge in [0.25, 0.3) is 5.91 Å². The zero-order valence-electron chi connectivity index (χ0n) is 19.7. The largest absolute Gasteiger partial charge is 0.354 e. The molecular weight excluding hydrogens is 460 g/mol. The van der Waals surface area contributed by atoms with Crippen LogP contribution in [0.4, 0.5) is 11.4 Å². The van der Waals surface area contributed by atoms with Gasteiger partial charge in [0.2, 0.25) is 0 Å². The van der Waals surface area contributed by atoms with Crippen LogP contribution in [-0.4, -0.2) is 59.9 Å². The molecule has 180 valence electrons. The van der Waals surface area contributed by atoms with Gasteiger partial charge in [0, 0.05) is 55.9 Å². The highest BCUT2D eigenvalue weighted by molar-refractivity contribution is 6.34. The van der Waals surface area contributed by atoms with E-state index in [0.29, 0.717) is 17.1 Å². The summed E-state index contributed by atoms with van der Waals surface area (Å²) >= 11 is 6.44. The summed E-state index contributed by atoms with van der Waals surface area (Å²) in [5.41, 5.74) is 5.26. The minimum atomic E-state index is -0.0695. The molecule has 3 aromatic carbocycles. The van der Waals surface area contributed by atoms with Crippen molar-refractivity contribution in [3.05, 3.63) is 83.0 Å². The molecule has 0 unspecified atom stereocenters. The van der Waals surface area contributed by atoms with E-state index >= 15 is 0 Å². The number of hydrogen-bond donors (Lipinski definition) is 3. The zero-order valence-corrected chi connectivity index (χ0v) is 20.5. The predicted octanol–water partition coefficient (Wildman–Crippen LogP) is 4.37. The van der Waals surface area contributed by atoms with E-state index < -0.39 is 0 Å². The van der Waals surface area contributed by atoms with E-state index in [4.69, 9.17) is 11.6 Å². The quantitative estimate of drug-likeness (QED) is 0.360. The number of aromatic nitrogens is 2. The molecule has 5 rings (SSSR count). The zero-order chi connectivity index (χ0) is 24.2. The van der Waals surface area contributed by atoms with Crippen molar-refractivity contribution < 1.29 is 4.79 Å². The normalized spacial score (nSPS) is 14.2. The molecule has 0 atom stereocenters. The maximum absolute atomic E-state index is 12.8. The fourth-order valence-electron chi connectivity index (χ4n) is 4.36. The molecule has 0 radical (unpaired) electrons. The molecule has 1 saturated heterocycles. The van der Waals surface area contributed by atoms with E-state index in [-0.39, 0.29) is 5.91 Å². The number of nitrogens with one attached hydrogen (secondary N) is 3. The Balaban J connectivity index is 1.29. The summed E-state index contributed by atoms with van der Waals surface area (Å²) < 4.78 is 1.86. The fourth-order valence-corrected chi connectivity index (χ4v) is 4.53. The summed E-state index contributed by atoms with van der Waals surface area (Å²) in [6.45, 7) is 7.53.